The number of nitrogens with one attached hydrogen (secondary N) is 2. The maximum Gasteiger partial charge on any atom is 0.410 e. The van der Waals surface area contributed by atoms with Crippen LogP contribution in [0.1, 0.15) is 109 Å². The molecule has 1 aromatic carbocycles. The molecule has 250 valence electrons. The van der Waals surface area contributed by atoms with E-state index in [2.05, 4.69) is 34.5 Å². The van der Waals surface area contributed by atoms with Crippen LogP contribution in [0.3, 0.4) is 0 Å². The molecule has 11 nitrogen and oxygen atoms in total. The number of carbonyl (C=O) groups is 3. The van der Waals surface area contributed by atoms with Crippen molar-refractivity contribution in [2.75, 3.05) is 13.2 Å². The summed E-state index contributed by atoms with van der Waals surface area (Å²) in [5.74, 6) is 1.36. The van der Waals surface area contributed by atoms with Crippen molar-refractivity contribution < 1.29 is 28.4 Å². The molecular weight excluding hydrogens is 586 g/mol. The first-order chi connectivity index (χ1) is 21.9. The van der Waals surface area contributed by atoms with Crippen molar-refractivity contribution in [2.45, 2.75) is 121 Å². The number of alkyl carbamates (subject to hydrolysis) is 1. The van der Waals surface area contributed by atoms with Crippen LogP contribution in [0.5, 0.6) is 0 Å². The quantitative estimate of drug-likeness (QED) is 0.272. The summed E-state index contributed by atoms with van der Waals surface area (Å²) in [5, 5.41) is 10.3. The van der Waals surface area contributed by atoms with Crippen molar-refractivity contribution in [3.8, 4) is 0 Å². The predicted molar refractivity (Wildman–Crippen MR) is 172 cm³/mol. The Morgan fingerprint density at radius 1 is 1.13 bits per heavy atom. The van der Waals surface area contributed by atoms with Gasteiger partial charge in [-0.15, -0.1) is 0 Å². The average Bonchev–Trinajstić information content (AvgIpc) is 3.93. The van der Waals surface area contributed by atoms with Gasteiger partial charge >= 0.3 is 12.2 Å². The van der Waals surface area contributed by atoms with Crippen molar-refractivity contribution in [3.63, 3.8) is 0 Å². The standard InChI is InChI=1S/C35H49N5O6/c1-7-19-44-33(43)40(27-20-26(27)23-11-9-8-10-12-23)21-35(17-18-35)31-38-30(46-39-31)24-13-15-25(16-14-24)36-29(41)28(22(2)3)37-32(42)45-34(4,5)6/h7-12,22,24-28H,1,13-21H2,2-6H3,(H,36,41)(H,37,42)/t24?,25?,26-,27+,28-/m0/s1. The van der Waals surface area contributed by atoms with Crippen LogP contribution in [0.4, 0.5) is 9.59 Å². The number of nitrogens with zero attached hydrogens (tertiary/aromatic N) is 3. The summed E-state index contributed by atoms with van der Waals surface area (Å²) in [6.45, 7) is 13.5. The number of hydrogen-bond donors (Lipinski definition) is 2. The first kappa shape index (κ1) is 33.5. The van der Waals surface area contributed by atoms with Crippen molar-refractivity contribution in [3.05, 3.63) is 60.3 Å². The van der Waals surface area contributed by atoms with Gasteiger partial charge < -0.3 is 29.5 Å². The van der Waals surface area contributed by atoms with E-state index in [0.29, 0.717) is 18.3 Å². The van der Waals surface area contributed by atoms with Gasteiger partial charge in [0.2, 0.25) is 11.8 Å². The Bertz CT molecular complexity index is 1370. The molecule has 5 rings (SSSR count). The fraction of sp³-hybridized carbons (Fsp3) is 0.629. The third kappa shape index (κ3) is 8.27. The van der Waals surface area contributed by atoms with E-state index >= 15 is 0 Å². The average molecular weight is 636 g/mol. The van der Waals surface area contributed by atoms with Crippen molar-refractivity contribution in [2.24, 2.45) is 5.92 Å². The number of carbonyl (C=O) groups excluding carboxylic acids is 3. The number of hydrogen-bond acceptors (Lipinski definition) is 8. The van der Waals surface area contributed by atoms with Gasteiger partial charge in [-0.25, -0.2) is 9.59 Å². The highest BCUT2D eigenvalue weighted by Crippen LogP contribution is 2.52. The smallest absolute Gasteiger partial charge is 0.410 e. The molecule has 11 heteroatoms. The monoisotopic (exact) mass is 635 g/mol. The molecule has 3 aliphatic carbocycles. The van der Waals surface area contributed by atoms with E-state index in [4.69, 9.17) is 19.0 Å². The third-order valence-electron chi connectivity index (χ3n) is 9.23. The maximum absolute atomic E-state index is 13.2. The number of benzene rings is 1. The molecule has 1 heterocycles. The maximum atomic E-state index is 13.2. The molecule has 3 aliphatic rings. The summed E-state index contributed by atoms with van der Waals surface area (Å²) in [5.41, 5.74) is 0.247. The lowest BCUT2D eigenvalue weighted by Crippen LogP contribution is -2.53. The van der Waals surface area contributed by atoms with E-state index in [0.717, 1.165) is 44.9 Å². The molecule has 3 saturated carbocycles. The fourth-order valence-electron chi connectivity index (χ4n) is 6.41. The topological polar surface area (TPSA) is 136 Å². The summed E-state index contributed by atoms with van der Waals surface area (Å²) in [4.78, 5) is 45.4. The molecule has 1 aromatic heterocycles. The molecular formula is C35H49N5O6. The number of ether oxygens (including phenoxy) is 2. The Morgan fingerprint density at radius 3 is 2.43 bits per heavy atom. The lowest BCUT2D eigenvalue weighted by atomic mass is 9.85. The van der Waals surface area contributed by atoms with Crippen LogP contribution in [0, 0.1) is 5.92 Å². The zero-order valence-electron chi connectivity index (χ0n) is 27.8. The zero-order chi connectivity index (χ0) is 33.1. The molecule has 3 amide bonds. The Hall–Kier alpha value is -3.89. The van der Waals surface area contributed by atoms with Gasteiger partial charge in [0.05, 0.1) is 5.41 Å². The minimum Gasteiger partial charge on any atom is -0.445 e. The van der Waals surface area contributed by atoms with Gasteiger partial charge in [0, 0.05) is 30.5 Å². The predicted octanol–water partition coefficient (Wildman–Crippen LogP) is 5.97. The minimum absolute atomic E-state index is 0.00570. The van der Waals surface area contributed by atoms with Gasteiger partial charge in [0.1, 0.15) is 18.2 Å². The van der Waals surface area contributed by atoms with E-state index in [1.807, 2.05) is 36.9 Å². The highest BCUT2D eigenvalue weighted by molar-refractivity contribution is 5.86. The Labute approximate surface area is 271 Å². The number of rotatable bonds is 12. The Kier molecular flexibility index (Phi) is 10.1. The van der Waals surface area contributed by atoms with Crippen LogP contribution >= 0.6 is 0 Å². The van der Waals surface area contributed by atoms with Crippen molar-refractivity contribution >= 4 is 18.1 Å². The van der Waals surface area contributed by atoms with Crippen molar-refractivity contribution in [1.82, 2.24) is 25.7 Å². The van der Waals surface area contributed by atoms with Gasteiger partial charge in [-0.1, -0.05) is 62.0 Å². The molecule has 0 spiro atoms. The summed E-state index contributed by atoms with van der Waals surface area (Å²) >= 11 is 0. The van der Waals surface area contributed by atoms with E-state index in [1.165, 1.54) is 5.56 Å². The van der Waals surface area contributed by atoms with Crippen LogP contribution in [-0.4, -0.2) is 70.0 Å². The largest absolute Gasteiger partial charge is 0.445 e. The number of aromatic nitrogens is 2. The van der Waals surface area contributed by atoms with E-state index in [9.17, 15) is 14.4 Å². The fourth-order valence-corrected chi connectivity index (χ4v) is 6.41. The first-order valence-corrected chi connectivity index (χ1v) is 16.6. The lowest BCUT2D eigenvalue weighted by Gasteiger charge is -2.30. The van der Waals surface area contributed by atoms with Crippen molar-refractivity contribution in [1.29, 1.82) is 0 Å². The zero-order valence-corrected chi connectivity index (χ0v) is 27.8. The normalized spacial score (nSPS) is 24.0. The summed E-state index contributed by atoms with van der Waals surface area (Å²) < 4.78 is 16.7. The molecule has 0 unspecified atom stereocenters. The van der Waals surface area contributed by atoms with E-state index in [1.54, 1.807) is 26.8 Å². The van der Waals surface area contributed by atoms with E-state index < -0.39 is 17.7 Å². The van der Waals surface area contributed by atoms with Crippen LogP contribution in [0.2, 0.25) is 0 Å². The molecule has 0 saturated heterocycles. The molecule has 2 N–H and O–H groups in total. The van der Waals surface area contributed by atoms with Crippen LogP contribution in [0.25, 0.3) is 0 Å². The third-order valence-corrected chi connectivity index (χ3v) is 9.23. The molecule has 2 aromatic rings. The summed E-state index contributed by atoms with van der Waals surface area (Å²) in [6, 6.07) is 9.66. The molecule has 0 radical (unpaired) electrons. The second-order valence-corrected chi connectivity index (χ2v) is 14.5. The molecule has 0 bridgehead atoms. The van der Waals surface area contributed by atoms with Gasteiger partial charge in [0.25, 0.3) is 0 Å². The lowest BCUT2D eigenvalue weighted by molar-refractivity contribution is -0.125. The second-order valence-electron chi connectivity index (χ2n) is 14.5. The summed E-state index contributed by atoms with van der Waals surface area (Å²) in [7, 11) is 0. The van der Waals surface area contributed by atoms with E-state index in [-0.39, 0.29) is 53.9 Å². The second kappa shape index (κ2) is 13.8. The van der Waals surface area contributed by atoms with Gasteiger partial charge in [0.15, 0.2) is 5.82 Å². The molecule has 0 aliphatic heterocycles. The highest BCUT2D eigenvalue weighted by atomic mass is 16.6. The molecule has 46 heavy (non-hydrogen) atoms. The summed E-state index contributed by atoms with van der Waals surface area (Å²) in [6.07, 6.45) is 6.44. The number of amides is 3. The minimum atomic E-state index is -0.687. The SMILES string of the molecule is C=CCOC(=O)N(CC1(c2noc(C3CCC(NC(=O)[C@@H](NC(=O)OC(C)(C)C)C(C)C)CC3)n2)CC1)[C@@H]1C[C@H]1c1ccccc1. The Morgan fingerprint density at radius 2 is 1.83 bits per heavy atom. The van der Waals surface area contributed by atoms with Crippen LogP contribution in [0.15, 0.2) is 47.5 Å². The van der Waals surface area contributed by atoms with Crippen LogP contribution < -0.4 is 10.6 Å². The Balaban J connectivity index is 1.16. The van der Waals surface area contributed by atoms with Crippen LogP contribution in [-0.2, 0) is 19.7 Å². The van der Waals surface area contributed by atoms with Gasteiger partial charge in [-0.3, -0.25) is 4.79 Å². The molecule has 3 atom stereocenters. The van der Waals surface area contributed by atoms with Gasteiger partial charge in [-0.2, -0.15) is 4.98 Å². The van der Waals surface area contributed by atoms with Gasteiger partial charge in [-0.05, 0) is 77.2 Å². The first-order valence-electron chi connectivity index (χ1n) is 16.6. The molecule has 3 fully saturated rings. The highest BCUT2D eigenvalue weighted by Gasteiger charge is 2.55.